The first kappa shape index (κ1) is 16.9. The second-order valence-electron chi connectivity index (χ2n) is 6.81. The maximum Gasteiger partial charge on any atom is 0.127 e. The van der Waals surface area contributed by atoms with Gasteiger partial charge in [0.1, 0.15) is 11.5 Å². The van der Waals surface area contributed by atoms with Crippen molar-refractivity contribution in [1.82, 2.24) is 0 Å². The van der Waals surface area contributed by atoms with Gasteiger partial charge in [-0.05, 0) is 70.6 Å². The van der Waals surface area contributed by atoms with Gasteiger partial charge in [-0.3, -0.25) is 0 Å². The van der Waals surface area contributed by atoms with E-state index in [4.69, 9.17) is 4.74 Å². The van der Waals surface area contributed by atoms with Crippen LogP contribution in [0.2, 0.25) is 0 Å². The molecule has 0 aliphatic heterocycles. The lowest BCUT2D eigenvalue weighted by Gasteiger charge is -2.25. The minimum Gasteiger partial charge on any atom is -0.507 e. The van der Waals surface area contributed by atoms with Crippen molar-refractivity contribution in [2.24, 2.45) is 0 Å². The Morgan fingerprint density at radius 1 is 1.32 bits per heavy atom. The number of allylic oxidation sites excluding steroid dienone is 2. The lowest BCUT2D eigenvalue weighted by Crippen LogP contribution is -2.11. The fourth-order valence-electron chi connectivity index (χ4n) is 3.26. The Morgan fingerprint density at radius 3 is 2.73 bits per heavy atom. The summed E-state index contributed by atoms with van der Waals surface area (Å²) in [6.45, 7) is 8.46. The van der Waals surface area contributed by atoms with Crippen molar-refractivity contribution in [1.29, 1.82) is 0 Å². The van der Waals surface area contributed by atoms with Crippen LogP contribution < -0.4 is 4.74 Å². The Bertz CT molecular complexity index is 529. The van der Waals surface area contributed by atoms with Gasteiger partial charge in [0.05, 0.1) is 6.10 Å². The van der Waals surface area contributed by atoms with E-state index in [9.17, 15) is 5.11 Å². The van der Waals surface area contributed by atoms with Crippen molar-refractivity contribution in [2.45, 2.75) is 78.2 Å². The van der Waals surface area contributed by atoms with Crippen LogP contribution in [0.4, 0.5) is 0 Å². The van der Waals surface area contributed by atoms with Gasteiger partial charge in [-0.25, -0.2) is 0 Å². The molecular weight excluding hydrogens is 272 g/mol. The van der Waals surface area contributed by atoms with E-state index in [0.29, 0.717) is 5.75 Å². The molecule has 1 aliphatic rings. The van der Waals surface area contributed by atoms with Gasteiger partial charge in [-0.2, -0.15) is 0 Å². The third-order valence-electron chi connectivity index (χ3n) is 4.30. The average molecular weight is 302 g/mol. The topological polar surface area (TPSA) is 29.5 Å². The Kier molecular flexibility index (Phi) is 5.93. The summed E-state index contributed by atoms with van der Waals surface area (Å²) in [4.78, 5) is 0. The molecule has 122 valence electrons. The molecule has 0 aromatic heterocycles. The van der Waals surface area contributed by atoms with Gasteiger partial charge < -0.3 is 9.84 Å². The molecule has 2 heteroatoms. The number of rotatable bonds is 6. The van der Waals surface area contributed by atoms with Crippen molar-refractivity contribution >= 4 is 0 Å². The van der Waals surface area contributed by atoms with Crippen LogP contribution in [-0.2, 0) is 6.42 Å². The van der Waals surface area contributed by atoms with Crippen molar-refractivity contribution in [3.05, 3.63) is 34.9 Å². The van der Waals surface area contributed by atoms with Crippen molar-refractivity contribution in [3.63, 3.8) is 0 Å². The summed E-state index contributed by atoms with van der Waals surface area (Å²) >= 11 is 0. The monoisotopic (exact) mass is 302 g/mol. The largest absolute Gasteiger partial charge is 0.507 e. The second kappa shape index (κ2) is 7.71. The third kappa shape index (κ3) is 4.28. The molecule has 0 spiro atoms. The Labute approximate surface area is 135 Å². The van der Waals surface area contributed by atoms with E-state index in [1.807, 2.05) is 19.9 Å². The highest BCUT2D eigenvalue weighted by Gasteiger charge is 2.22. The number of ether oxygens (including phenoxy) is 1. The Balaban J connectivity index is 2.39. The summed E-state index contributed by atoms with van der Waals surface area (Å²) in [5.41, 5.74) is 3.57. The standard InChI is InChI=1S/C20H30O2/c1-5-6-9-16-12-18(21)20(19(13-16)22-14(2)3)17-10-7-8-15(4)11-17/h11-14,17,21H,5-10H2,1-4H3. The van der Waals surface area contributed by atoms with Crippen LogP contribution in [0.5, 0.6) is 11.5 Å². The molecular formula is C20H30O2. The maximum atomic E-state index is 10.6. The maximum absolute atomic E-state index is 10.6. The molecule has 0 heterocycles. The molecule has 0 bridgehead atoms. The number of benzene rings is 1. The molecule has 1 unspecified atom stereocenters. The summed E-state index contributed by atoms with van der Waals surface area (Å²) in [6, 6.07) is 4.08. The summed E-state index contributed by atoms with van der Waals surface area (Å²) < 4.78 is 6.05. The van der Waals surface area contributed by atoms with Gasteiger partial charge in [-0.1, -0.05) is 25.0 Å². The predicted octanol–water partition coefficient (Wildman–Crippen LogP) is 5.74. The molecule has 1 atom stereocenters. The number of hydrogen-bond acceptors (Lipinski definition) is 2. The molecule has 0 saturated heterocycles. The molecule has 2 rings (SSSR count). The van der Waals surface area contributed by atoms with E-state index < -0.39 is 0 Å². The first-order valence-electron chi connectivity index (χ1n) is 8.71. The van der Waals surface area contributed by atoms with Gasteiger partial charge in [0.2, 0.25) is 0 Å². The number of phenols is 1. The van der Waals surface area contributed by atoms with Crippen LogP contribution in [-0.4, -0.2) is 11.2 Å². The van der Waals surface area contributed by atoms with Gasteiger partial charge in [0.25, 0.3) is 0 Å². The van der Waals surface area contributed by atoms with Crippen LogP contribution in [0.25, 0.3) is 0 Å². The van der Waals surface area contributed by atoms with E-state index in [0.717, 1.165) is 37.0 Å². The van der Waals surface area contributed by atoms with Crippen LogP contribution >= 0.6 is 0 Å². The number of hydrogen-bond donors (Lipinski definition) is 1. The molecule has 1 aromatic carbocycles. The van der Waals surface area contributed by atoms with E-state index in [2.05, 4.69) is 26.0 Å². The van der Waals surface area contributed by atoms with Crippen molar-refractivity contribution in [2.75, 3.05) is 0 Å². The number of aromatic hydroxyl groups is 1. The second-order valence-corrected chi connectivity index (χ2v) is 6.81. The lowest BCUT2D eigenvalue weighted by atomic mass is 9.84. The lowest BCUT2D eigenvalue weighted by molar-refractivity contribution is 0.237. The van der Waals surface area contributed by atoms with Crippen LogP contribution in [0.1, 0.15) is 76.8 Å². The van der Waals surface area contributed by atoms with E-state index in [1.54, 1.807) is 0 Å². The summed E-state index contributed by atoms with van der Waals surface area (Å²) in [5, 5.41) is 10.6. The molecule has 0 fully saturated rings. The van der Waals surface area contributed by atoms with Gasteiger partial charge in [0, 0.05) is 11.5 Å². The number of aryl methyl sites for hydroxylation is 1. The van der Waals surface area contributed by atoms with Crippen molar-refractivity contribution < 1.29 is 9.84 Å². The minimum atomic E-state index is 0.119. The van der Waals surface area contributed by atoms with Crippen molar-refractivity contribution in [3.8, 4) is 11.5 Å². The number of phenolic OH excluding ortho intramolecular Hbond substituents is 1. The summed E-state index contributed by atoms with van der Waals surface area (Å²) in [7, 11) is 0. The first-order valence-corrected chi connectivity index (χ1v) is 8.71. The Morgan fingerprint density at radius 2 is 2.09 bits per heavy atom. The third-order valence-corrected chi connectivity index (χ3v) is 4.30. The zero-order valence-corrected chi connectivity index (χ0v) is 14.5. The van der Waals surface area contributed by atoms with Crippen LogP contribution in [0.15, 0.2) is 23.8 Å². The highest BCUT2D eigenvalue weighted by Crippen LogP contribution is 2.42. The fraction of sp³-hybridized carbons (Fsp3) is 0.600. The Hall–Kier alpha value is -1.44. The first-order chi connectivity index (χ1) is 10.5. The van der Waals surface area contributed by atoms with E-state index in [1.165, 1.54) is 24.0 Å². The molecule has 1 N–H and O–H groups in total. The van der Waals surface area contributed by atoms with Crippen LogP contribution in [0.3, 0.4) is 0 Å². The molecule has 1 aromatic rings. The zero-order valence-electron chi connectivity index (χ0n) is 14.5. The summed E-state index contributed by atoms with van der Waals surface area (Å²) in [5.74, 6) is 1.56. The predicted molar refractivity (Wildman–Crippen MR) is 92.8 cm³/mol. The zero-order chi connectivity index (χ0) is 16.1. The molecule has 0 amide bonds. The number of unbranched alkanes of at least 4 members (excludes halogenated alkanes) is 1. The highest BCUT2D eigenvalue weighted by molar-refractivity contribution is 5.51. The smallest absolute Gasteiger partial charge is 0.127 e. The summed E-state index contributed by atoms with van der Waals surface area (Å²) in [6.07, 6.45) is 9.17. The molecule has 1 aliphatic carbocycles. The van der Waals surface area contributed by atoms with Gasteiger partial charge in [0.15, 0.2) is 0 Å². The molecule has 22 heavy (non-hydrogen) atoms. The molecule has 0 saturated carbocycles. The normalized spacial score (nSPS) is 18.4. The SMILES string of the molecule is CCCCc1cc(O)c(C2C=C(C)CCC2)c(OC(C)C)c1. The minimum absolute atomic E-state index is 0.119. The highest BCUT2D eigenvalue weighted by atomic mass is 16.5. The molecule has 2 nitrogen and oxygen atoms in total. The fourth-order valence-corrected chi connectivity index (χ4v) is 3.26. The van der Waals surface area contributed by atoms with Gasteiger partial charge in [-0.15, -0.1) is 0 Å². The van der Waals surface area contributed by atoms with Crippen LogP contribution in [0, 0.1) is 0 Å². The molecule has 0 radical (unpaired) electrons. The van der Waals surface area contributed by atoms with E-state index in [-0.39, 0.29) is 12.0 Å². The van der Waals surface area contributed by atoms with Gasteiger partial charge >= 0.3 is 0 Å². The average Bonchev–Trinajstić information content (AvgIpc) is 2.44. The quantitative estimate of drug-likeness (QED) is 0.679. The van der Waals surface area contributed by atoms with E-state index >= 15 is 0 Å².